The third-order valence-corrected chi connectivity index (χ3v) is 5.18. The molecule has 1 fully saturated rings. The van der Waals surface area contributed by atoms with Crippen molar-refractivity contribution in [1.82, 2.24) is 4.90 Å². The molecule has 0 saturated carbocycles. The van der Waals surface area contributed by atoms with E-state index in [4.69, 9.17) is 9.88 Å². The fourth-order valence-corrected chi connectivity index (χ4v) is 3.72. The molecule has 7 heteroatoms. The Morgan fingerprint density at radius 1 is 1.41 bits per heavy atom. The van der Waals surface area contributed by atoms with Gasteiger partial charge in [-0.3, -0.25) is 4.90 Å². The summed E-state index contributed by atoms with van der Waals surface area (Å²) in [7, 11) is -3.61. The number of ether oxygens (including phenoxy) is 1. The lowest BCUT2D eigenvalue weighted by molar-refractivity contribution is -0.150. The number of likely N-dealkylation sites (tertiary alicyclic amines) is 1. The van der Waals surface area contributed by atoms with Gasteiger partial charge >= 0.3 is 5.97 Å². The van der Waals surface area contributed by atoms with Gasteiger partial charge in [0.05, 0.1) is 11.9 Å². The maximum absolute atomic E-state index is 12.4. The van der Waals surface area contributed by atoms with E-state index in [2.05, 4.69) is 0 Å². The fraction of sp³-hybridized carbons (Fsp3) is 0.533. The van der Waals surface area contributed by atoms with Crippen molar-refractivity contribution in [2.45, 2.75) is 31.1 Å². The van der Waals surface area contributed by atoms with Gasteiger partial charge < -0.3 is 4.74 Å². The number of benzene rings is 1. The molecule has 1 aromatic carbocycles. The van der Waals surface area contributed by atoms with Crippen LogP contribution in [0.2, 0.25) is 0 Å². The van der Waals surface area contributed by atoms with E-state index in [1.54, 1.807) is 6.92 Å². The highest BCUT2D eigenvalue weighted by molar-refractivity contribution is 7.89. The zero-order valence-electron chi connectivity index (χ0n) is 12.6. The van der Waals surface area contributed by atoms with Crippen molar-refractivity contribution < 1.29 is 17.9 Å². The molecule has 1 aromatic rings. The number of piperidine rings is 1. The van der Waals surface area contributed by atoms with Crippen LogP contribution in [0.1, 0.15) is 31.4 Å². The highest BCUT2D eigenvalue weighted by Crippen LogP contribution is 2.27. The molecule has 1 saturated heterocycles. The Morgan fingerprint density at radius 2 is 2.09 bits per heavy atom. The van der Waals surface area contributed by atoms with E-state index in [9.17, 15) is 13.2 Å². The summed E-state index contributed by atoms with van der Waals surface area (Å²) in [5, 5.41) is 4.64. The summed E-state index contributed by atoms with van der Waals surface area (Å²) < 4.78 is 28.4. The van der Waals surface area contributed by atoms with Crippen LogP contribution in [0.15, 0.2) is 30.3 Å². The first kappa shape index (κ1) is 16.9. The molecule has 2 atom stereocenters. The summed E-state index contributed by atoms with van der Waals surface area (Å²) >= 11 is 0. The number of carbonyl (C=O) groups is 1. The molecule has 1 aliphatic heterocycles. The molecule has 0 aromatic heterocycles. The molecular weight excluding hydrogens is 304 g/mol. The lowest BCUT2D eigenvalue weighted by Gasteiger charge is -2.36. The molecular formula is C15H22N2O4S. The zero-order chi connectivity index (χ0) is 16.2. The zero-order valence-corrected chi connectivity index (χ0v) is 13.5. The number of nitrogens with two attached hydrogens (primary N) is 1. The van der Waals surface area contributed by atoms with Crippen LogP contribution in [0.5, 0.6) is 0 Å². The largest absolute Gasteiger partial charge is 0.465 e. The first-order valence-electron chi connectivity index (χ1n) is 7.40. The van der Waals surface area contributed by atoms with Crippen LogP contribution >= 0.6 is 0 Å². The summed E-state index contributed by atoms with van der Waals surface area (Å²) in [6, 6.07) is 8.68. The lowest BCUT2D eigenvalue weighted by Crippen LogP contribution is -2.48. The third-order valence-electron chi connectivity index (χ3n) is 3.86. The van der Waals surface area contributed by atoms with Gasteiger partial charge in [0.15, 0.2) is 0 Å². The van der Waals surface area contributed by atoms with Gasteiger partial charge in [-0.05, 0) is 31.9 Å². The smallest absolute Gasteiger partial charge is 0.327 e. The Labute approximate surface area is 131 Å². The van der Waals surface area contributed by atoms with Crippen molar-refractivity contribution in [3.63, 3.8) is 0 Å². The second kappa shape index (κ2) is 7.21. The number of esters is 1. The topological polar surface area (TPSA) is 89.7 Å². The van der Waals surface area contributed by atoms with Crippen molar-refractivity contribution in [3.8, 4) is 0 Å². The number of rotatable bonds is 5. The van der Waals surface area contributed by atoms with Crippen LogP contribution in [0.3, 0.4) is 0 Å². The Hall–Kier alpha value is -1.44. The molecule has 1 aliphatic rings. The van der Waals surface area contributed by atoms with Gasteiger partial charge in [0.2, 0.25) is 10.0 Å². The van der Waals surface area contributed by atoms with E-state index < -0.39 is 21.3 Å². The predicted octanol–water partition coefficient (Wildman–Crippen LogP) is 1.04. The summed E-state index contributed by atoms with van der Waals surface area (Å²) in [4.78, 5) is 14.2. The number of primary sulfonamides is 1. The minimum Gasteiger partial charge on any atom is -0.465 e. The van der Waals surface area contributed by atoms with Crippen molar-refractivity contribution in [3.05, 3.63) is 35.9 Å². The molecule has 2 N–H and O–H groups in total. The van der Waals surface area contributed by atoms with Crippen molar-refractivity contribution in [1.29, 1.82) is 0 Å². The maximum Gasteiger partial charge on any atom is 0.327 e. The van der Waals surface area contributed by atoms with Crippen LogP contribution in [0.25, 0.3) is 0 Å². The molecule has 0 aliphatic carbocycles. The normalized spacial score (nSPS) is 21.3. The molecule has 22 heavy (non-hydrogen) atoms. The number of sulfonamides is 1. The standard InChI is InChI=1S/C15H22N2O4S/c1-2-21-15(18)14(12-7-4-3-5-8-12)17-10-6-9-13(11-17)22(16,19)20/h3-5,7-8,13-14H,2,6,9-11H2,1H3,(H2,16,19,20)/t13-,14-/m1/s1. The number of nitrogens with zero attached hydrogens (tertiary/aromatic N) is 1. The van der Waals surface area contributed by atoms with Crippen molar-refractivity contribution >= 4 is 16.0 Å². The van der Waals surface area contributed by atoms with Gasteiger partial charge in [0, 0.05) is 6.54 Å². The van der Waals surface area contributed by atoms with E-state index in [1.165, 1.54) is 0 Å². The fourth-order valence-electron chi connectivity index (χ4n) is 2.82. The van der Waals surface area contributed by atoms with Crippen LogP contribution in [-0.2, 0) is 19.6 Å². The van der Waals surface area contributed by atoms with E-state index in [1.807, 2.05) is 35.2 Å². The monoisotopic (exact) mass is 326 g/mol. The van der Waals surface area contributed by atoms with E-state index in [0.29, 0.717) is 19.4 Å². The van der Waals surface area contributed by atoms with Gasteiger partial charge in [-0.15, -0.1) is 0 Å². The van der Waals surface area contributed by atoms with Crippen LogP contribution in [0, 0.1) is 0 Å². The van der Waals surface area contributed by atoms with Crippen LogP contribution in [-0.4, -0.2) is 44.2 Å². The number of hydrogen-bond acceptors (Lipinski definition) is 5. The van der Waals surface area contributed by atoms with Gasteiger partial charge in [0.1, 0.15) is 6.04 Å². The Kier molecular flexibility index (Phi) is 5.55. The van der Waals surface area contributed by atoms with Crippen molar-refractivity contribution in [2.75, 3.05) is 19.7 Å². The van der Waals surface area contributed by atoms with Gasteiger partial charge in [-0.2, -0.15) is 0 Å². The highest BCUT2D eigenvalue weighted by Gasteiger charge is 2.36. The van der Waals surface area contributed by atoms with Crippen LogP contribution in [0.4, 0.5) is 0 Å². The average molecular weight is 326 g/mol. The minimum atomic E-state index is -3.61. The van der Waals surface area contributed by atoms with Crippen LogP contribution < -0.4 is 5.14 Å². The van der Waals surface area contributed by atoms with E-state index in [-0.39, 0.29) is 19.1 Å². The molecule has 0 unspecified atom stereocenters. The van der Waals surface area contributed by atoms with E-state index in [0.717, 1.165) is 5.56 Å². The highest BCUT2D eigenvalue weighted by atomic mass is 32.2. The first-order chi connectivity index (χ1) is 10.4. The maximum atomic E-state index is 12.4. The lowest BCUT2D eigenvalue weighted by atomic mass is 10.0. The summed E-state index contributed by atoms with van der Waals surface area (Å²) in [5.41, 5.74) is 0.802. The number of hydrogen-bond donors (Lipinski definition) is 1. The average Bonchev–Trinajstić information content (AvgIpc) is 2.48. The summed E-state index contributed by atoms with van der Waals surface area (Å²) in [6.45, 7) is 2.93. The first-order valence-corrected chi connectivity index (χ1v) is 9.01. The molecule has 6 nitrogen and oxygen atoms in total. The molecule has 0 radical (unpaired) electrons. The molecule has 0 bridgehead atoms. The second-order valence-corrected chi connectivity index (χ2v) is 7.26. The molecule has 0 amide bonds. The Morgan fingerprint density at radius 3 is 2.68 bits per heavy atom. The van der Waals surface area contributed by atoms with Gasteiger partial charge in [-0.1, -0.05) is 30.3 Å². The Balaban J connectivity index is 2.27. The quantitative estimate of drug-likeness (QED) is 0.817. The number of carbonyl (C=O) groups excluding carboxylic acids is 1. The second-order valence-electron chi connectivity index (χ2n) is 5.41. The predicted molar refractivity (Wildman–Crippen MR) is 83.5 cm³/mol. The third kappa shape index (κ3) is 4.06. The molecule has 1 heterocycles. The van der Waals surface area contributed by atoms with Gasteiger partial charge in [0.25, 0.3) is 0 Å². The van der Waals surface area contributed by atoms with Crippen molar-refractivity contribution in [2.24, 2.45) is 5.14 Å². The Bertz CT molecular complexity index is 603. The SMILES string of the molecule is CCOC(=O)[C@@H](c1ccccc1)N1CCC[C@@H](S(N)(=O)=O)C1. The molecule has 2 rings (SSSR count). The molecule has 122 valence electrons. The molecule has 0 spiro atoms. The van der Waals surface area contributed by atoms with E-state index >= 15 is 0 Å². The van der Waals surface area contributed by atoms with Gasteiger partial charge in [-0.25, -0.2) is 18.4 Å². The minimum absolute atomic E-state index is 0.247. The summed E-state index contributed by atoms with van der Waals surface area (Å²) in [5.74, 6) is -0.358. The summed E-state index contributed by atoms with van der Waals surface area (Å²) in [6.07, 6.45) is 1.21.